The van der Waals surface area contributed by atoms with Crippen molar-refractivity contribution in [2.24, 2.45) is 0 Å². The zero-order valence-corrected chi connectivity index (χ0v) is 12.3. The summed E-state index contributed by atoms with van der Waals surface area (Å²) in [6.07, 6.45) is 4.30. The molecule has 0 radical (unpaired) electrons. The highest BCUT2D eigenvalue weighted by molar-refractivity contribution is 5.37. The quantitative estimate of drug-likeness (QED) is 0.908. The first-order valence-corrected chi connectivity index (χ1v) is 7.46. The molecular formula is C16H21N3O2. The Labute approximate surface area is 123 Å². The van der Waals surface area contributed by atoms with Gasteiger partial charge >= 0.3 is 0 Å². The van der Waals surface area contributed by atoms with E-state index in [9.17, 15) is 9.90 Å². The van der Waals surface area contributed by atoms with Gasteiger partial charge < -0.3 is 5.11 Å². The van der Waals surface area contributed by atoms with E-state index in [2.05, 4.69) is 9.88 Å². The minimum atomic E-state index is -0.564. The molecule has 5 nitrogen and oxygen atoms in total. The maximum absolute atomic E-state index is 12.1. The van der Waals surface area contributed by atoms with Crippen LogP contribution in [0.15, 0.2) is 35.3 Å². The van der Waals surface area contributed by atoms with Crippen LogP contribution in [0.4, 0.5) is 0 Å². The van der Waals surface area contributed by atoms with Crippen LogP contribution in [0.2, 0.25) is 0 Å². The lowest BCUT2D eigenvalue weighted by atomic mass is 9.98. The van der Waals surface area contributed by atoms with Gasteiger partial charge in [0.1, 0.15) is 5.65 Å². The van der Waals surface area contributed by atoms with Gasteiger partial charge in [0.2, 0.25) is 0 Å². The van der Waals surface area contributed by atoms with E-state index in [4.69, 9.17) is 0 Å². The van der Waals surface area contributed by atoms with Crippen molar-refractivity contribution in [2.75, 3.05) is 13.1 Å². The maximum Gasteiger partial charge on any atom is 0.258 e. The summed E-state index contributed by atoms with van der Waals surface area (Å²) in [7, 11) is 0. The van der Waals surface area contributed by atoms with Crippen LogP contribution in [0, 0.1) is 0 Å². The van der Waals surface area contributed by atoms with E-state index in [1.165, 1.54) is 0 Å². The first-order chi connectivity index (χ1) is 10.0. The number of hydrogen-bond acceptors (Lipinski definition) is 4. The molecule has 21 heavy (non-hydrogen) atoms. The zero-order valence-electron chi connectivity index (χ0n) is 12.3. The predicted molar refractivity (Wildman–Crippen MR) is 81.2 cm³/mol. The standard InChI is InChI=1S/C16H21N3O2/c1-16(21)6-4-8-18(10-7-16)12-13-11-15(20)19-9-3-2-5-14(19)17-13/h2-3,5,9,11,21H,4,6-8,10,12H2,1H3. The molecule has 112 valence electrons. The first-order valence-electron chi connectivity index (χ1n) is 7.46. The number of aliphatic hydroxyl groups is 1. The van der Waals surface area contributed by atoms with Crippen LogP contribution >= 0.6 is 0 Å². The van der Waals surface area contributed by atoms with E-state index >= 15 is 0 Å². The largest absolute Gasteiger partial charge is 0.390 e. The second kappa shape index (κ2) is 5.58. The van der Waals surface area contributed by atoms with Gasteiger partial charge in [0.05, 0.1) is 11.3 Å². The van der Waals surface area contributed by atoms with Crippen LogP contribution < -0.4 is 5.56 Å². The Morgan fingerprint density at radius 1 is 1.33 bits per heavy atom. The summed E-state index contributed by atoms with van der Waals surface area (Å²) in [5.74, 6) is 0. The van der Waals surface area contributed by atoms with Gasteiger partial charge in [0.15, 0.2) is 0 Å². The van der Waals surface area contributed by atoms with Crippen molar-refractivity contribution in [3.63, 3.8) is 0 Å². The van der Waals surface area contributed by atoms with Gasteiger partial charge in [-0.05, 0) is 44.9 Å². The number of aromatic nitrogens is 2. The molecule has 0 bridgehead atoms. The van der Waals surface area contributed by atoms with Gasteiger partial charge in [0, 0.05) is 25.4 Å². The lowest BCUT2D eigenvalue weighted by molar-refractivity contribution is 0.0444. The highest BCUT2D eigenvalue weighted by Crippen LogP contribution is 2.22. The van der Waals surface area contributed by atoms with Crippen LogP contribution in [0.1, 0.15) is 31.9 Å². The molecule has 1 saturated heterocycles. The number of rotatable bonds is 2. The van der Waals surface area contributed by atoms with Crippen molar-refractivity contribution >= 4 is 5.65 Å². The predicted octanol–water partition coefficient (Wildman–Crippen LogP) is 1.43. The summed E-state index contributed by atoms with van der Waals surface area (Å²) < 4.78 is 1.55. The van der Waals surface area contributed by atoms with E-state index in [0.717, 1.165) is 38.0 Å². The Kier molecular flexibility index (Phi) is 3.78. The van der Waals surface area contributed by atoms with Crippen LogP contribution in [-0.2, 0) is 6.54 Å². The third kappa shape index (κ3) is 3.31. The molecule has 5 heteroatoms. The van der Waals surface area contributed by atoms with Gasteiger partial charge in [-0.1, -0.05) is 6.07 Å². The molecule has 3 heterocycles. The molecule has 2 aromatic heterocycles. The summed E-state index contributed by atoms with van der Waals surface area (Å²) in [4.78, 5) is 18.9. The monoisotopic (exact) mass is 287 g/mol. The molecule has 1 atom stereocenters. The molecule has 3 rings (SSSR count). The van der Waals surface area contributed by atoms with Crippen molar-refractivity contribution in [1.29, 1.82) is 0 Å². The van der Waals surface area contributed by atoms with E-state index in [-0.39, 0.29) is 5.56 Å². The number of likely N-dealkylation sites (tertiary alicyclic amines) is 1. The highest BCUT2D eigenvalue weighted by Gasteiger charge is 2.25. The second-order valence-electron chi connectivity index (χ2n) is 6.14. The highest BCUT2D eigenvalue weighted by atomic mass is 16.3. The molecule has 1 fully saturated rings. The van der Waals surface area contributed by atoms with E-state index < -0.39 is 5.60 Å². The second-order valence-corrected chi connectivity index (χ2v) is 6.14. The zero-order chi connectivity index (χ0) is 14.9. The normalized spacial score (nSPS) is 24.1. The van der Waals surface area contributed by atoms with Crippen LogP contribution in [-0.4, -0.2) is 38.1 Å². The lowest BCUT2D eigenvalue weighted by Gasteiger charge is -2.22. The summed E-state index contributed by atoms with van der Waals surface area (Å²) in [5, 5.41) is 10.1. The first kappa shape index (κ1) is 14.2. The third-order valence-electron chi connectivity index (χ3n) is 4.17. The SMILES string of the molecule is CC1(O)CCCN(Cc2cc(=O)n3ccccc3n2)CC1. The van der Waals surface area contributed by atoms with Crippen molar-refractivity contribution < 1.29 is 5.11 Å². The topological polar surface area (TPSA) is 57.8 Å². The molecular weight excluding hydrogens is 266 g/mol. The number of fused-ring (bicyclic) bond motifs is 1. The average Bonchev–Trinajstić information content (AvgIpc) is 2.60. The summed E-state index contributed by atoms with van der Waals surface area (Å²) in [6.45, 7) is 4.34. The van der Waals surface area contributed by atoms with E-state index in [0.29, 0.717) is 12.2 Å². The fourth-order valence-electron chi connectivity index (χ4n) is 2.89. The summed E-state index contributed by atoms with van der Waals surface area (Å²) >= 11 is 0. The van der Waals surface area contributed by atoms with Gasteiger partial charge in [0.25, 0.3) is 5.56 Å². The van der Waals surface area contributed by atoms with Crippen molar-refractivity contribution in [3.8, 4) is 0 Å². The molecule has 2 aromatic rings. The summed E-state index contributed by atoms with van der Waals surface area (Å²) in [6, 6.07) is 7.16. The van der Waals surface area contributed by atoms with Gasteiger partial charge in [-0.3, -0.25) is 14.1 Å². The minimum absolute atomic E-state index is 0.0441. The van der Waals surface area contributed by atoms with Crippen molar-refractivity contribution in [1.82, 2.24) is 14.3 Å². The van der Waals surface area contributed by atoms with Crippen LogP contribution in [0.25, 0.3) is 5.65 Å². The van der Waals surface area contributed by atoms with E-state index in [1.54, 1.807) is 16.7 Å². The molecule has 1 unspecified atom stereocenters. The summed E-state index contributed by atoms with van der Waals surface area (Å²) in [5.41, 5.74) is 0.873. The molecule has 0 aromatic carbocycles. The smallest absolute Gasteiger partial charge is 0.258 e. The fourth-order valence-corrected chi connectivity index (χ4v) is 2.89. The van der Waals surface area contributed by atoms with Crippen molar-refractivity contribution in [3.05, 3.63) is 46.5 Å². The number of hydrogen-bond donors (Lipinski definition) is 1. The Hall–Kier alpha value is -1.72. The molecule has 1 aliphatic heterocycles. The van der Waals surface area contributed by atoms with Gasteiger partial charge in [-0.2, -0.15) is 0 Å². The van der Waals surface area contributed by atoms with E-state index in [1.807, 2.05) is 25.1 Å². The molecule has 0 amide bonds. The Morgan fingerprint density at radius 3 is 3.05 bits per heavy atom. The van der Waals surface area contributed by atoms with Crippen molar-refractivity contribution in [2.45, 2.75) is 38.3 Å². The Balaban J connectivity index is 1.80. The molecule has 1 aliphatic rings. The molecule has 0 aliphatic carbocycles. The number of nitrogens with zero attached hydrogens (tertiary/aromatic N) is 3. The van der Waals surface area contributed by atoms with Crippen LogP contribution in [0.5, 0.6) is 0 Å². The fraction of sp³-hybridized carbons (Fsp3) is 0.500. The van der Waals surface area contributed by atoms with Gasteiger partial charge in [-0.25, -0.2) is 4.98 Å². The minimum Gasteiger partial charge on any atom is -0.390 e. The van der Waals surface area contributed by atoms with Gasteiger partial charge in [-0.15, -0.1) is 0 Å². The molecule has 0 saturated carbocycles. The third-order valence-corrected chi connectivity index (χ3v) is 4.17. The lowest BCUT2D eigenvalue weighted by Crippen LogP contribution is -2.29. The average molecular weight is 287 g/mol. The Bertz CT molecular complexity index is 693. The van der Waals surface area contributed by atoms with Crippen LogP contribution in [0.3, 0.4) is 0 Å². The molecule has 1 N–H and O–H groups in total. The Morgan fingerprint density at radius 2 is 2.19 bits per heavy atom. The molecule has 0 spiro atoms. The number of pyridine rings is 1. The maximum atomic E-state index is 12.1.